The number of amides is 2. The van der Waals surface area contributed by atoms with Gasteiger partial charge in [-0.2, -0.15) is 0 Å². The van der Waals surface area contributed by atoms with E-state index in [-0.39, 0.29) is 11.8 Å². The van der Waals surface area contributed by atoms with Crippen molar-refractivity contribution < 1.29 is 9.59 Å². The first-order valence-corrected chi connectivity index (χ1v) is 7.10. The quantitative estimate of drug-likeness (QED) is 0.804. The molecule has 1 spiro atoms. The fourth-order valence-electron chi connectivity index (χ4n) is 3.44. The molecule has 0 fully saturated rings. The lowest BCUT2D eigenvalue weighted by Crippen LogP contribution is -2.64. The van der Waals surface area contributed by atoms with Crippen LogP contribution in [0.4, 0.5) is 11.4 Å². The minimum atomic E-state index is -1.17. The van der Waals surface area contributed by atoms with E-state index < -0.39 is 5.66 Å². The minimum absolute atomic E-state index is 0.154. The maximum atomic E-state index is 13.0. The van der Waals surface area contributed by atoms with Crippen molar-refractivity contribution in [2.75, 3.05) is 23.9 Å². The van der Waals surface area contributed by atoms with Gasteiger partial charge in [-0.15, -0.1) is 0 Å². The third-order valence-corrected chi connectivity index (χ3v) is 4.58. The van der Waals surface area contributed by atoms with Gasteiger partial charge in [-0.05, 0) is 18.2 Å². The molecule has 0 aliphatic carbocycles. The molecule has 0 bridgehead atoms. The Morgan fingerprint density at radius 3 is 2.32 bits per heavy atom. The summed E-state index contributed by atoms with van der Waals surface area (Å²) in [6.07, 6.45) is 0. The van der Waals surface area contributed by atoms with E-state index in [1.54, 1.807) is 18.0 Å². The third-order valence-electron chi connectivity index (χ3n) is 4.58. The molecule has 22 heavy (non-hydrogen) atoms. The Hall–Kier alpha value is -2.82. The lowest BCUT2D eigenvalue weighted by molar-refractivity contribution is -0.123. The summed E-state index contributed by atoms with van der Waals surface area (Å²) in [6, 6.07) is 14.9. The summed E-state index contributed by atoms with van der Waals surface area (Å²) < 4.78 is 0. The van der Waals surface area contributed by atoms with E-state index in [0.29, 0.717) is 5.56 Å². The summed E-state index contributed by atoms with van der Waals surface area (Å²) in [5, 5.41) is 2.93. The Bertz CT molecular complexity index is 817. The molecular formula is C17H15N3O2. The second-order valence-electron chi connectivity index (χ2n) is 5.62. The molecule has 1 N–H and O–H groups in total. The second kappa shape index (κ2) is 4.10. The first-order valence-electron chi connectivity index (χ1n) is 7.10. The molecule has 5 heteroatoms. The minimum Gasteiger partial charge on any atom is -0.340 e. The molecular weight excluding hydrogens is 278 g/mol. The van der Waals surface area contributed by atoms with Crippen LogP contribution in [0.15, 0.2) is 48.5 Å². The lowest BCUT2D eigenvalue weighted by atomic mass is 9.93. The second-order valence-corrected chi connectivity index (χ2v) is 5.62. The zero-order chi connectivity index (χ0) is 15.5. The number of carbonyl (C=O) groups excluding carboxylic acids is 2. The number of fused-ring (bicyclic) bond motifs is 3. The highest BCUT2D eigenvalue weighted by Crippen LogP contribution is 2.45. The number of hydrogen-bond donors (Lipinski definition) is 1. The molecule has 0 unspecified atom stereocenters. The van der Waals surface area contributed by atoms with Crippen LogP contribution in [0.2, 0.25) is 0 Å². The molecule has 2 aliphatic rings. The van der Waals surface area contributed by atoms with Gasteiger partial charge in [0.15, 0.2) is 0 Å². The van der Waals surface area contributed by atoms with Crippen LogP contribution in [0.25, 0.3) is 0 Å². The predicted octanol–water partition coefficient (Wildman–Crippen LogP) is 1.70. The number of rotatable bonds is 0. The van der Waals surface area contributed by atoms with Gasteiger partial charge in [0.05, 0.1) is 16.9 Å². The Balaban J connectivity index is 2.00. The fraction of sp³-hybridized carbons (Fsp3) is 0.176. The van der Waals surface area contributed by atoms with Gasteiger partial charge in [-0.3, -0.25) is 9.59 Å². The Kier molecular flexibility index (Phi) is 2.40. The highest BCUT2D eigenvalue weighted by Gasteiger charge is 2.56. The van der Waals surface area contributed by atoms with Gasteiger partial charge >= 0.3 is 0 Å². The highest BCUT2D eigenvalue weighted by atomic mass is 16.2. The van der Waals surface area contributed by atoms with E-state index in [1.807, 2.05) is 54.4 Å². The van der Waals surface area contributed by atoms with Crippen LogP contribution in [0.3, 0.4) is 0 Å². The Labute approximate surface area is 128 Å². The molecule has 110 valence electrons. The topological polar surface area (TPSA) is 52.7 Å². The van der Waals surface area contributed by atoms with E-state index in [0.717, 1.165) is 16.9 Å². The molecule has 0 saturated carbocycles. The van der Waals surface area contributed by atoms with Crippen LogP contribution in [-0.4, -0.2) is 25.9 Å². The molecule has 2 heterocycles. The Morgan fingerprint density at radius 1 is 0.909 bits per heavy atom. The van der Waals surface area contributed by atoms with Crippen LogP contribution < -0.4 is 15.1 Å². The largest absolute Gasteiger partial charge is 0.340 e. The standard InChI is InChI=1S/C17H15N3O2/c1-19-14-10-6-4-8-12(14)17(16(19)22)18-15(21)11-7-3-5-9-13(11)20(17)2/h3-10H,1-2H3,(H,18,21)/t17-/m0/s1. The maximum absolute atomic E-state index is 13.0. The summed E-state index contributed by atoms with van der Waals surface area (Å²) in [5.41, 5.74) is 1.78. The zero-order valence-electron chi connectivity index (χ0n) is 12.3. The van der Waals surface area contributed by atoms with Gasteiger partial charge in [0, 0.05) is 19.7 Å². The van der Waals surface area contributed by atoms with Gasteiger partial charge < -0.3 is 15.1 Å². The van der Waals surface area contributed by atoms with Crippen molar-refractivity contribution in [1.29, 1.82) is 0 Å². The van der Waals surface area contributed by atoms with Crippen LogP contribution >= 0.6 is 0 Å². The molecule has 2 amide bonds. The number of nitrogens with zero attached hydrogens (tertiary/aromatic N) is 2. The van der Waals surface area contributed by atoms with Crippen molar-refractivity contribution in [2.45, 2.75) is 5.66 Å². The number of likely N-dealkylation sites (N-methyl/N-ethyl adjacent to an activating group) is 2. The number of nitrogens with one attached hydrogen (secondary N) is 1. The molecule has 2 aromatic rings. The van der Waals surface area contributed by atoms with Gasteiger partial charge in [0.2, 0.25) is 5.66 Å². The summed E-state index contributed by atoms with van der Waals surface area (Å²) in [4.78, 5) is 29.0. The lowest BCUT2D eigenvalue weighted by Gasteiger charge is -2.43. The van der Waals surface area contributed by atoms with Gasteiger partial charge in [-0.1, -0.05) is 30.3 Å². The van der Waals surface area contributed by atoms with Crippen LogP contribution in [0.5, 0.6) is 0 Å². The van der Waals surface area contributed by atoms with E-state index in [9.17, 15) is 9.59 Å². The van der Waals surface area contributed by atoms with E-state index in [4.69, 9.17) is 0 Å². The van der Waals surface area contributed by atoms with Crippen molar-refractivity contribution in [3.63, 3.8) is 0 Å². The first kappa shape index (κ1) is 12.9. The van der Waals surface area contributed by atoms with E-state index in [2.05, 4.69) is 5.32 Å². The van der Waals surface area contributed by atoms with Crippen molar-refractivity contribution in [3.05, 3.63) is 59.7 Å². The smallest absolute Gasteiger partial charge is 0.278 e. The summed E-state index contributed by atoms with van der Waals surface area (Å²) in [6.45, 7) is 0. The maximum Gasteiger partial charge on any atom is 0.278 e. The normalized spacial score (nSPS) is 22.6. The molecule has 0 aromatic heterocycles. The van der Waals surface area contributed by atoms with Crippen LogP contribution in [-0.2, 0) is 10.5 Å². The van der Waals surface area contributed by atoms with Crippen LogP contribution in [0, 0.1) is 0 Å². The first-order chi connectivity index (χ1) is 10.6. The summed E-state index contributed by atoms with van der Waals surface area (Å²) in [7, 11) is 3.57. The number of hydrogen-bond acceptors (Lipinski definition) is 3. The molecule has 0 radical (unpaired) electrons. The summed E-state index contributed by atoms with van der Waals surface area (Å²) in [5.74, 6) is -0.383. The molecule has 2 aromatic carbocycles. The average Bonchev–Trinajstić information content (AvgIpc) is 2.76. The molecule has 5 nitrogen and oxygen atoms in total. The number of anilines is 2. The monoisotopic (exact) mass is 293 g/mol. The molecule has 2 aliphatic heterocycles. The Morgan fingerprint density at radius 2 is 1.55 bits per heavy atom. The zero-order valence-corrected chi connectivity index (χ0v) is 12.3. The predicted molar refractivity (Wildman–Crippen MR) is 83.8 cm³/mol. The SMILES string of the molecule is CN1C(=O)[C@]2(NC(=O)c3ccccc3N2C)c2ccccc21. The molecule has 4 rings (SSSR count). The number of para-hydroxylation sites is 2. The third kappa shape index (κ3) is 1.33. The summed E-state index contributed by atoms with van der Waals surface area (Å²) >= 11 is 0. The van der Waals surface area contributed by atoms with Crippen molar-refractivity contribution >= 4 is 23.2 Å². The molecule has 0 saturated heterocycles. The average molecular weight is 293 g/mol. The van der Waals surface area contributed by atoms with Crippen LogP contribution in [0.1, 0.15) is 15.9 Å². The van der Waals surface area contributed by atoms with Gasteiger partial charge in [-0.25, -0.2) is 0 Å². The molecule has 1 atom stereocenters. The van der Waals surface area contributed by atoms with E-state index in [1.165, 1.54) is 0 Å². The van der Waals surface area contributed by atoms with E-state index >= 15 is 0 Å². The van der Waals surface area contributed by atoms with Crippen molar-refractivity contribution in [1.82, 2.24) is 5.32 Å². The number of benzene rings is 2. The van der Waals surface area contributed by atoms with Gasteiger partial charge in [0.25, 0.3) is 11.8 Å². The highest BCUT2D eigenvalue weighted by molar-refractivity contribution is 6.15. The fourth-order valence-corrected chi connectivity index (χ4v) is 3.44. The van der Waals surface area contributed by atoms with Gasteiger partial charge in [0.1, 0.15) is 0 Å². The number of carbonyl (C=O) groups is 2. The van der Waals surface area contributed by atoms with Crippen molar-refractivity contribution in [3.8, 4) is 0 Å². The van der Waals surface area contributed by atoms with Crippen molar-refractivity contribution in [2.24, 2.45) is 0 Å².